The number of aromatic hydroxyl groups is 1. The zero-order valence-electron chi connectivity index (χ0n) is 21.3. The molecule has 2 saturated heterocycles. The van der Waals surface area contributed by atoms with Crippen LogP contribution in [0.3, 0.4) is 0 Å². The van der Waals surface area contributed by atoms with Crippen LogP contribution in [0.25, 0.3) is 10.9 Å². The van der Waals surface area contributed by atoms with Gasteiger partial charge in [-0.1, -0.05) is 46.7 Å². The van der Waals surface area contributed by atoms with Gasteiger partial charge in [0.15, 0.2) is 11.2 Å². The van der Waals surface area contributed by atoms with E-state index in [1.165, 1.54) is 11.3 Å². The van der Waals surface area contributed by atoms with Gasteiger partial charge in [-0.25, -0.2) is 0 Å². The molecule has 2 aromatic carbocycles. The van der Waals surface area contributed by atoms with E-state index < -0.39 is 6.10 Å². The Morgan fingerprint density at radius 1 is 1.12 bits per heavy atom. The number of hydrogen-bond acceptors (Lipinski definition) is 9. The van der Waals surface area contributed by atoms with Gasteiger partial charge in [-0.15, -0.1) is 0 Å². The second-order valence-corrected chi connectivity index (χ2v) is 11.6. The highest BCUT2D eigenvalue weighted by atomic mass is 35.5. The number of carbonyl (C=O) groups is 2. The Labute approximate surface area is 244 Å². The second kappa shape index (κ2) is 11.1. The van der Waals surface area contributed by atoms with Gasteiger partial charge in [0.25, 0.3) is 5.91 Å². The predicted molar refractivity (Wildman–Crippen MR) is 156 cm³/mol. The number of thiazole rings is 1. The first-order valence-corrected chi connectivity index (χ1v) is 14.4. The van der Waals surface area contributed by atoms with Crippen molar-refractivity contribution in [2.24, 2.45) is 0 Å². The zero-order valence-corrected chi connectivity index (χ0v) is 23.6. The zero-order chi connectivity index (χ0) is 27.8. The molecule has 40 heavy (non-hydrogen) atoms. The number of cyclic esters (lactones) is 1. The first-order chi connectivity index (χ1) is 19.4. The van der Waals surface area contributed by atoms with Crippen molar-refractivity contribution < 1.29 is 19.4 Å². The standard InChI is InChI=1S/C28H25Cl2N5O4S/c29-18-2-1-3-19(30)25(18)32-28-33-26(37)23(40-28)15-16-4-5-20-17(14-16)21(8-9-31-20)34-10-12-35(13-11-34)27(38)22-6-7-24(36)39-22/h1-5,8-9,14,22,37H,6-7,10-13,15H2,(H,32,33)/t22-/m0/s1. The van der Waals surface area contributed by atoms with E-state index in [9.17, 15) is 14.7 Å². The highest BCUT2D eigenvalue weighted by Crippen LogP contribution is 2.37. The molecule has 2 fully saturated rings. The number of amides is 1. The lowest BCUT2D eigenvalue weighted by molar-refractivity contribution is -0.153. The van der Waals surface area contributed by atoms with Crippen LogP contribution in [0, 0.1) is 0 Å². The number of benzene rings is 2. The minimum Gasteiger partial charge on any atom is -0.492 e. The largest absolute Gasteiger partial charge is 0.492 e. The van der Waals surface area contributed by atoms with E-state index in [4.69, 9.17) is 27.9 Å². The van der Waals surface area contributed by atoms with Gasteiger partial charge in [-0.2, -0.15) is 4.98 Å². The molecule has 0 saturated carbocycles. The molecule has 0 aliphatic carbocycles. The van der Waals surface area contributed by atoms with Crippen LogP contribution < -0.4 is 10.2 Å². The Balaban J connectivity index is 1.18. The number of fused-ring (bicyclic) bond motifs is 1. The molecule has 2 N–H and O–H groups in total. The molecule has 2 aromatic heterocycles. The van der Waals surface area contributed by atoms with Crippen molar-refractivity contribution in [2.45, 2.75) is 25.4 Å². The number of hydrogen-bond donors (Lipinski definition) is 2. The van der Waals surface area contributed by atoms with Crippen LogP contribution in [-0.4, -0.2) is 64.1 Å². The number of esters is 1. The van der Waals surface area contributed by atoms with Gasteiger partial charge >= 0.3 is 5.97 Å². The van der Waals surface area contributed by atoms with Crippen molar-refractivity contribution in [3.05, 3.63) is 69.1 Å². The van der Waals surface area contributed by atoms with Gasteiger partial charge < -0.3 is 25.0 Å². The van der Waals surface area contributed by atoms with Crippen LogP contribution in [0.2, 0.25) is 10.0 Å². The number of anilines is 3. The summed E-state index contributed by atoms with van der Waals surface area (Å²) in [5, 5.41) is 16.1. The van der Waals surface area contributed by atoms with Crippen LogP contribution in [0.1, 0.15) is 23.3 Å². The van der Waals surface area contributed by atoms with E-state index in [2.05, 4.69) is 26.3 Å². The Kier molecular flexibility index (Phi) is 7.39. The number of nitrogens with one attached hydrogen (secondary N) is 1. The topological polar surface area (TPSA) is 108 Å². The molecule has 2 aliphatic heterocycles. The molecule has 206 valence electrons. The summed E-state index contributed by atoms with van der Waals surface area (Å²) in [7, 11) is 0. The fraction of sp³-hybridized carbons (Fsp3) is 0.286. The van der Waals surface area contributed by atoms with E-state index in [-0.39, 0.29) is 17.8 Å². The number of nitrogens with zero attached hydrogens (tertiary/aromatic N) is 4. The Bertz CT molecular complexity index is 1580. The second-order valence-electron chi connectivity index (χ2n) is 9.68. The molecule has 0 bridgehead atoms. The van der Waals surface area contributed by atoms with Gasteiger partial charge in [0.2, 0.25) is 5.88 Å². The average Bonchev–Trinajstić information content (AvgIpc) is 3.54. The number of ether oxygens (including phenoxy) is 1. The van der Waals surface area contributed by atoms with Crippen LogP contribution >= 0.6 is 34.5 Å². The molecule has 2 aliphatic rings. The maximum absolute atomic E-state index is 12.8. The minimum atomic E-state index is -0.649. The maximum atomic E-state index is 12.8. The monoisotopic (exact) mass is 597 g/mol. The lowest BCUT2D eigenvalue weighted by Gasteiger charge is -2.37. The minimum absolute atomic E-state index is 0.0454. The summed E-state index contributed by atoms with van der Waals surface area (Å²) in [5.41, 5.74) is 3.44. The third kappa shape index (κ3) is 5.39. The number of halogens is 2. The quantitative estimate of drug-likeness (QED) is 0.285. The van der Waals surface area contributed by atoms with E-state index in [0.29, 0.717) is 71.2 Å². The molecular formula is C28H25Cl2N5O4S. The summed E-state index contributed by atoms with van der Waals surface area (Å²) < 4.78 is 5.17. The van der Waals surface area contributed by atoms with Crippen LogP contribution in [0.4, 0.5) is 16.5 Å². The van der Waals surface area contributed by atoms with Gasteiger partial charge in [0, 0.05) is 62.7 Å². The summed E-state index contributed by atoms with van der Waals surface area (Å²) in [6.07, 6.45) is 2.38. The summed E-state index contributed by atoms with van der Waals surface area (Å²) >= 11 is 13.9. The Morgan fingerprint density at radius 3 is 2.62 bits per heavy atom. The highest BCUT2D eigenvalue weighted by Gasteiger charge is 2.34. The molecule has 0 spiro atoms. The van der Waals surface area contributed by atoms with Gasteiger partial charge in [0.05, 0.1) is 26.1 Å². The number of para-hydroxylation sites is 1. The molecule has 0 radical (unpaired) electrons. The molecule has 9 nitrogen and oxygen atoms in total. The SMILES string of the molecule is O=C1CC[C@@H](C(=O)N2CCN(c3ccnc4ccc(Cc5sc(Nc6c(Cl)cccc6Cl)nc5O)cc34)CC2)O1. The average molecular weight is 599 g/mol. The summed E-state index contributed by atoms with van der Waals surface area (Å²) in [5.74, 6) is -0.460. The molecule has 4 aromatic rings. The van der Waals surface area contributed by atoms with Crippen molar-refractivity contribution in [3.8, 4) is 5.88 Å². The van der Waals surface area contributed by atoms with E-state index >= 15 is 0 Å². The number of rotatable bonds is 6. The third-order valence-corrected chi connectivity index (χ3v) is 8.70. The van der Waals surface area contributed by atoms with Crippen molar-refractivity contribution in [1.82, 2.24) is 14.9 Å². The number of pyridine rings is 1. The van der Waals surface area contributed by atoms with Crippen molar-refractivity contribution in [3.63, 3.8) is 0 Å². The third-order valence-electron chi connectivity index (χ3n) is 7.11. The lowest BCUT2D eigenvalue weighted by Crippen LogP contribution is -2.51. The summed E-state index contributed by atoms with van der Waals surface area (Å²) in [4.78, 5) is 37.7. The molecule has 6 rings (SSSR count). The molecule has 4 heterocycles. The maximum Gasteiger partial charge on any atom is 0.306 e. The van der Waals surface area contributed by atoms with E-state index in [1.807, 2.05) is 18.2 Å². The summed E-state index contributed by atoms with van der Waals surface area (Å²) in [6.45, 7) is 2.42. The van der Waals surface area contributed by atoms with Gasteiger partial charge in [0.1, 0.15) is 0 Å². The first kappa shape index (κ1) is 26.6. The first-order valence-electron chi connectivity index (χ1n) is 12.9. The van der Waals surface area contributed by atoms with Gasteiger partial charge in [-0.05, 0) is 35.9 Å². The van der Waals surface area contributed by atoms with Crippen LogP contribution in [0.5, 0.6) is 5.88 Å². The normalized spacial score (nSPS) is 17.4. The highest BCUT2D eigenvalue weighted by molar-refractivity contribution is 7.16. The lowest BCUT2D eigenvalue weighted by atomic mass is 10.1. The van der Waals surface area contributed by atoms with Crippen LogP contribution in [-0.2, 0) is 20.7 Å². The Morgan fingerprint density at radius 2 is 1.90 bits per heavy atom. The van der Waals surface area contributed by atoms with Crippen LogP contribution in [0.15, 0.2) is 48.7 Å². The smallest absolute Gasteiger partial charge is 0.306 e. The Hall–Kier alpha value is -3.60. The molecule has 0 unspecified atom stereocenters. The van der Waals surface area contributed by atoms with Gasteiger partial charge in [-0.3, -0.25) is 14.6 Å². The molecule has 12 heteroatoms. The van der Waals surface area contributed by atoms with E-state index in [0.717, 1.165) is 22.2 Å². The van der Waals surface area contributed by atoms with E-state index in [1.54, 1.807) is 29.3 Å². The number of piperazine rings is 1. The predicted octanol–water partition coefficient (Wildman–Crippen LogP) is 5.39. The van der Waals surface area contributed by atoms with Crippen molar-refractivity contribution in [1.29, 1.82) is 0 Å². The molecule has 1 atom stereocenters. The fourth-order valence-electron chi connectivity index (χ4n) is 5.06. The van der Waals surface area contributed by atoms with Crippen molar-refractivity contribution in [2.75, 3.05) is 36.4 Å². The molecule has 1 amide bonds. The number of carbonyl (C=O) groups excluding carboxylic acids is 2. The fourth-order valence-corrected chi connectivity index (χ4v) is 6.44. The molecular weight excluding hydrogens is 573 g/mol. The summed E-state index contributed by atoms with van der Waals surface area (Å²) in [6, 6.07) is 13.3. The number of aromatic nitrogens is 2. The van der Waals surface area contributed by atoms with Crippen molar-refractivity contribution >= 4 is 73.8 Å².